The first kappa shape index (κ1) is 16.8. The normalized spacial score (nSPS) is 12.1. The molecule has 0 aliphatic carbocycles. The molecule has 0 saturated carbocycles. The van der Waals surface area contributed by atoms with Crippen molar-refractivity contribution in [3.05, 3.63) is 24.3 Å². The number of hydrogen-bond donors (Lipinski definition) is 1. The molecule has 0 fully saturated rings. The predicted octanol–water partition coefficient (Wildman–Crippen LogP) is 2.10. The second-order valence-corrected chi connectivity index (χ2v) is 6.95. The maximum atomic E-state index is 12.3. The molecular formula is C14H24N2O3S. The molecule has 0 bridgehead atoms. The van der Waals surface area contributed by atoms with Crippen LogP contribution in [-0.4, -0.2) is 37.7 Å². The number of benzene rings is 1. The van der Waals surface area contributed by atoms with Gasteiger partial charge in [0.05, 0.1) is 11.4 Å². The van der Waals surface area contributed by atoms with E-state index in [0.29, 0.717) is 18.0 Å². The molecular weight excluding hydrogens is 276 g/mol. The lowest BCUT2D eigenvalue weighted by Crippen LogP contribution is -2.40. The SMILES string of the molecule is CCCN(C(C)C)S(=O)(=O)CCOc1ccccc1N. The summed E-state index contributed by atoms with van der Waals surface area (Å²) < 4.78 is 31.5. The van der Waals surface area contributed by atoms with Crippen LogP contribution < -0.4 is 10.5 Å². The fraction of sp³-hybridized carbons (Fsp3) is 0.571. The zero-order chi connectivity index (χ0) is 15.2. The molecule has 114 valence electrons. The van der Waals surface area contributed by atoms with Crippen molar-refractivity contribution in [3.8, 4) is 5.75 Å². The monoisotopic (exact) mass is 300 g/mol. The van der Waals surface area contributed by atoms with Gasteiger partial charge in [0, 0.05) is 12.6 Å². The van der Waals surface area contributed by atoms with Crippen LogP contribution in [0.3, 0.4) is 0 Å². The number of ether oxygens (including phenoxy) is 1. The van der Waals surface area contributed by atoms with Crippen LogP contribution in [0.25, 0.3) is 0 Å². The number of hydrogen-bond acceptors (Lipinski definition) is 4. The molecule has 1 aromatic carbocycles. The molecule has 0 spiro atoms. The van der Waals surface area contributed by atoms with E-state index in [1.165, 1.54) is 4.31 Å². The van der Waals surface area contributed by atoms with E-state index in [1.54, 1.807) is 24.3 Å². The molecule has 20 heavy (non-hydrogen) atoms. The summed E-state index contributed by atoms with van der Waals surface area (Å²) in [5.74, 6) is 0.480. The van der Waals surface area contributed by atoms with Gasteiger partial charge in [-0.3, -0.25) is 0 Å². The Kier molecular flexibility index (Phi) is 6.29. The van der Waals surface area contributed by atoms with Gasteiger partial charge in [-0.2, -0.15) is 4.31 Å². The minimum Gasteiger partial charge on any atom is -0.490 e. The molecule has 0 amide bonds. The number of para-hydroxylation sites is 2. The molecule has 0 aliphatic rings. The van der Waals surface area contributed by atoms with E-state index in [4.69, 9.17) is 10.5 Å². The average molecular weight is 300 g/mol. The van der Waals surface area contributed by atoms with Gasteiger partial charge >= 0.3 is 0 Å². The van der Waals surface area contributed by atoms with Crippen molar-refractivity contribution in [2.45, 2.75) is 33.2 Å². The Morgan fingerprint density at radius 1 is 1.30 bits per heavy atom. The van der Waals surface area contributed by atoms with E-state index >= 15 is 0 Å². The summed E-state index contributed by atoms with van der Waals surface area (Å²) in [6.45, 7) is 6.36. The smallest absolute Gasteiger partial charge is 0.217 e. The highest BCUT2D eigenvalue weighted by Gasteiger charge is 2.23. The van der Waals surface area contributed by atoms with Crippen molar-refractivity contribution in [3.63, 3.8) is 0 Å². The molecule has 0 unspecified atom stereocenters. The molecule has 0 atom stereocenters. The van der Waals surface area contributed by atoms with Crippen LogP contribution in [0, 0.1) is 0 Å². The zero-order valence-electron chi connectivity index (χ0n) is 12.4. The summed E-state index contributed by atoms with van der Waals surface area (Å²) in [4.78, 5) is 0. The van der Waals surface area contributed by atoms with Gasteiger partial charge in [0.25, 0.3) is 0 Å². The Labute approximate surface area is 121 Å². The average Bonchev–Trinajstić information content (AvgIpc) is 2.37. The Bertz CT molecular complexity index is 515. The fourth-order valence-corrected chi connectivity index (χ4v) is 3.56. The first-order valence-corrected chi connectivity index (χ1v) is 8.46. The predicted molar refractivity (Wildman–Crippen MR) is 82.3 cm³/mol. The molecule has 1 aromatic rings. The third-order valence-corrected chi connectivity index (χ3v) is 4.90. The van der Waals surface area contributed by atoms with Gasteiger partial charge < -0.3 is 10.5 Å². The van der Waals surface area contributed by atoms with Crippen molar-refractivity contribution in [2.75, 3.05) is 24.6 Å². The number of rotatable bonds is 8. The lowest BCUT2D eigenvalue weighted by Gasteiger charge is -2.25. The van der Waals surface area contributed by atoms with E-state index in [0.717, 1.165) is 6.42 Å². The largest absolute Gasteiger partial charge is 0.490 e. The summed E-state index contributed by atoms with van der Waals surface area (Å²) in [5.41, 5.74) is 6.25. The Morgan fingerprint density at radius 3 is 2.50 bits per heavy atom. The first-order chi connectivity index (χ1) is 9.38. The minimum atomic E-state index is -3.30. The molecule has 0 saturated heterocycles. The lowest BCUT2D eigenvalue weighted by molar-refractivity contribution is 0.324. The highest BCUT2D eigenvalue weighted by Crippen LogP contribution is 2.19. The van der Waals surface area contributed by atoms with E-state index in [-0.39, 0.29) is 18.4 Å². The number of anilines is 1. The zero-order valence-corrected chi connectivity index (χ0v) is 13.2. The van der Waals surface area contributed by atoms with Gasteiger partial charge in [-0.05, 0) is 32.4 Å². The molecule has 1 rings (SSSR count). The van der Waals surface area contributed by atoms with E-state index in [9.17, 15) is 8.42 Å². The highest BCUT2D eigenvalue weighted by molar-refractivity contribution is 7.89. The van der Waals surface area contributed by atoms with E-state index < -0.39 is 10.0 Å². The third kappa shape index (κ3) is 4.68. The van der Waals surface area contributed by atoms with Crippen molar-refractivity contribution >= 4 is 15.7 Å². The summed E-state index contributed by atoms with van der Waals surface area (Å²) in [7, 11) is -3.30. The maximum Gasteiger partial charge on any atom is 0.217 e. The van der Waals surface area contributed by atoms with Crippen LogP contribution in [0.2, 0.25) is 0 Å². The number of nitrogens with zero attached hydrogens (tertiary/aromatic N) is 1. The van der Waals surface area contributed by atoms with Gasteiger partial charge in [-0.15, -0.1) is 0 Å². The molecule has 0 aliphatic heterocycles. The van der Waals surface area contributed by atoms with Crippen LogP contribution in [-0.2, 0) is 10.0 Å². The fourth-order valence-electron chi connectivity index (χ4n) is 1.93. The summed E-state index contributed by atoms with van der Waals surface area (Å²) >= 11 is 0. The summed E-state index contributed by atoms with van der Waals surface area (Å²) in [6.07, 6.45) is 0.796. The van der Waals surface area contributed by atoms with Crippen molar-refractivity contribution in [1.82, 2.24) is 4.31 Å². The number of nitrogen functional groups attached to an aromatic ring is 1. The standard InChI is InChI=1S/C14H24N2O3S/c1-4-9-16(12(2)3)20(17,18)11-10-19-14-8-6-5-7-13(14)15/h5-8,12H,4,9-11,15H2,1-3H3. The van der Waals surface area contributed by atoms with Crippen LogP contribution in [0.4, 0.5) is 5.69 Å². The number of sulfonamides is 1. The maximum absolute atomic E-state index is 12.3. The van der Waals surface area contributed by atoms with Crippen LogP contribution >= 0.6 is 0 Å². The topological polar surface area (TPSA) is 72.6 Å². The van der Waals surface area contributed by atoms with Crippen LogP contribution in [0.15, 0.2) is 24.3 Å². The molecule has 0 aromatic heterocycles. The lowest BCUT2D eigenvalue weighted by atomic mass is 10.3. The van der Waals surface area contributed by atoms with Crippen molar-refractivity contribution in [2.24, 2.45) is 0 Å². The van der Waals surface area contributed by atoms with Gasteiger partial charge in [-0.1, -0.05) is 19.1 Å². The van der Waals surface area contributed by atoms with Gasteiger partial charge in [0.15, 0.2) is 0 Å². The quantitative estimate of drug-likeness (QED) is 0.746. The Morgan fingerprint density at radius 2 is 1.95 bits per heavy atom. The first-order valence-electron chi connectivity index (χ1n) is 6.85. The molecule has 0 radical (unpaired) electrons. The van der Waals surface area contributed by atoms with E-state index in [1.807, 2.05) is 20.8 Å². The summed E-state index contributed by atoms with van der Waals surface area (Å²) in [5, 5.41) is 0. The van der Waals surface area contributed by atoms with Crippen LogP contribution in [0.1, 0.15) is 27.2 Å². The molecule has 2 N–H and O–H groups in total. The Balaban J connectivity index is 2.61. The van der Waals surface area contributed by atoms with Gasteiger partial charge in [0.2, 0.25) is 10.0 Å². The van der Waals surface area contributed by atoms with Crippen molar-refractivity contribution in [1.29, 1.82) is 0 Å². The minimum absolute atomic E-state index is 0.0401. The van der Waals surface area contributed by atoms with Gasteiger partial charge in [0.1, 0.15) is 12.4 Å². The third-order valence-electron chi connectivity index (χ3n) is 2.90. The molecule has 5 nitrogen and oxygen atoms in total. The van der Waals surface area contributed by atoms with Gasteiger partial charge in [-0.25, -0.2) is 8.42 Å². The molecule has 0 heterocycles. The van der Waals surface area contributed by atoms with E-state index in [2.05, 4.69) is 0 Å². The summed E-state index contributed by atoms with van der Waals surface area (Å²) in [6, 6.07) is 7.02. The second kappa shape index (κ2) is 7.50. The highest BCUT2D eigenvalue weighted by atomic mass is 32.2. The number of nitrogens with two attached hydrogens (primary N) is 1. The van der Waals surface area contributed by atoms with Crippen molar-refractivity contribution < 1.29 is 13.2 Å². The molecule has 6 heteroatoms. The second-order valence-electron chi connectivity index (χ2n) is 4.91. The Hall–Kier alpha value is -1.27. The van der Waals surface area contributed by atoms with Crippen LogP contribution in [0.5, 0.6) is 5.75 Å².